The summed E-state index contributed by atoms with van der Waals surface area (Å²) in [5.74, 6) is 0.528. The van der Waals surface area contributed by atoms with Crippen molar-refractivity contribution in [2.45, 2.75) is 18.9 Å². The normalized spacial score (nSPS) is 30.3. The van der Waals surface area contributed by atoms with Crippen LogP contribution in [0.4, 0.5) is 0 Å². The van der Waals surface area contributed by atoms with Crippen LogP contribution in [-0.4, -0.2) is 50.2 Å². The van der Waals surface area contributed by atoms with Crippen LogP contribution in [0.15, 0.2) is 0 Å². The van der Waals surface area contributed by atoms with E-state index in [1.165, 1.54) is 0 Å². The highest BCUT2D eigenvalue weighted by atomic mass is 35.5. The molecule has 0 radical (unpaired) electrons. The molecule has 1 amide bonds. The van der Waals surface area contributed by atoms with E-state index < -0.39 is 0 Å². The minimum atomic E-state index is 0. The molecule has 0 aromatic heterocycles. The average molecular weight is 235 g/mol. The number of hydrogen-bond donors (Lipinski definition) is 1. The van der Waals surface area contributed by atoms with Crippen molar-refractivity contribution in [1.29, 1.82) is 0 Å². The summed E-state index contributed by atoms with van der Waals surface area (Å²) in [6.07, 6.45) is 2.24. The van der Waals surface area contributed by atoms with Crippen LogP contribution in [0.1, 0.15) is 12.8 Å². The van der Waals surface area contributed by atoms with Crippen molar-refractivity contribution in [3.63, 3.8) is 0 Å². The predicted molar refractivity (Wildman–Crippen MR) is 60.2 cm³/mol. The van der Waals surface area contributed by atoms with Crippen molar-refractivity contribution in [3.05, 3.63) is 0 Å². The van der Waals surface area contributed by atoms with E-state index >= 15 is 0 Å². The predicted octanol–water partition coefficient (Wildman–Crippen LogP) is 0.265. The molecule has 88 valence electrons. The zero-order chi connectivity index (χ0) is 9.97. The molecule has 2 aliphatic heterocycles. The lowest BCUT2D eigenvalue weighted by Crippen LogP contribution is -2.36. The largest absolute Gasteiger partial charge is 0.380 e. The molecule has 2 rings (SSSR count). The molecule has 2 heterocycles. The number of halogens is 1. The quantitative estimate of drug-likeness (QED) is 0.746. The van der Waals surface area contributed by atoms with E-state index in [2.05, 4.69) is 5.32 Å². The first-order chi connectivity index (χ1) is 6.81. The zero-order valence-electron chi connectivity index (χ0n) is 9.07. The van der Waals surface area contributed by atoms with E-state index in [0.717, 1.165) is 39.0 Å². The topological polar surface area (TPSA) is 41.6 Å². The van der Waals surface area contributed by atoms with Gasteiger partial charge in [0.25, 0.3) is 0 Å². The van der Waals surface area contributed by atoms with E-state index in [0.29, 0.717) is 5.91 Å². The Hall–Kier alpha value is -0.320. The molecule has 0 spiro atoms. The Kier molecular flexibility index (Phi) is 4.83. The maximum Gasteiger partial charge on any atom is 0.227 e. The molecule has 0 aromatic rings. The molecule has 1 N–H and O–H groups in total. The van der Waals surface area contributed by atoms with Gasteiger partial charge in [-0.1, -0.05) is 0 Å². The SMILES string of the molecule is CO[C@H]1CCN(C(=O)[C@@H]2CCNC2)C1.Cl. The molecule has 5 heteroatoms. The van der Waals surface area contributed by atoms with Crippen LogP contribution >= 0.6 is 12.4 Å². The minimum Gasteiger partial charge on any atom is -0.380 e. The molecule has 2 aliphatic rings. The zero-order valence-corrected chi connectivity index (χ0v) is 9.89. The summed E-state index contributed by atoms with van der Waals surface area (Å²) < 4.78 is 5.24. The van der Waals surface area contributed by atoms with Crippen LogP contribution in [0.3, 0.4) is 0 Å². The number of amides is 1. The summed E-state index contributed by atoms with van der Waals surface area (Å²) in [6.45, 7) is 3.49. The van der Waals surface area contributed by atoms with E-state index in [1.54, 1.807) is 7.11 Å². The molecule has 0 unspecified atom stereocenters. The van der Waals surface area contributed by atoms with Gasteiger partial charge in [-0.15, -0.1) is 12.4 Å². The molecule has 0 aliphatic carbocycles. The molecule has 2 fully saturated rings. The molecule has 15 heavy (non-hydrogen) atoms. The number of ether oxygens (including phenoxy) is 1. The van der Waals surface area contributed by atoms with Gasteiger partial charge >= 0.3 is 0 Å². The smallest absolute Gasteiger partial charge is 0.227 e. The second-order valence-corrected chi connectivity index (χ2v) is 4.12. The second kappa shape index (κ2) is 5.68. The maximum atomic E-state index is 11.9. The highest BCUT2D eigenvalue weighted by molar-refractivity contribution is 5.85. The van der Waals surface area contributed by atoms with Gasteiger partial charge in [-0.05, 0) is 19.4 Å². The fourth-order valence-electron chi connectivity index (χ4n) is 2.24. The number of rotatable bonds is 2. The Morgan fingerprint density at radius 2 is 2.27 bits per heavy atom. The summed E-state index contributed by atoms with van der Waals surface area (Å²) in [6, 6.07) is 0. The number of hydrogen-bond acceptors (Lipinski definition) is 3. The Morgan fingerprint density at radius 3 is 2.80 bits per heavy atom. The number of carbonyl (C=O) groups excluding carboxylic acids is 1. The van der Waals surface area contributed by atoms with E-state index in [-0.39, 0.29) is 24.4 Å². The molecule has 4 nitrogen and oxygen atoms in total. The van der Waals surface area contributed by atoms with Gasteiger partial charge in [-0.25, -0.2) is 0 Å². The number of carbonyl (C=O) groups is 1. The van der Waals surface area contributed by atoms with Gasteiger partial charge in [0.05, 0.1) is 12.0 Å². The van der Waals surface area contributed by atoms with Crippen molar-refractivity contribution in [3.8, 4) is 0 Å². The molecule has 0 saturated carbocycles. The summed E-state index contributed by atoms with van der Waals surface area (Å²) in [7, 11) is 1.72. The molecule has 0 aromatic carbocycles. The molecule has 0 bridgehead atoms. The van der Waals surface area contributed by atoms with Crippen LogP contribution < -0.4 is 5.32 Å². The minimum absolute atomic E-state index is 0. The van der Waals surface area contributed by atoms with Crippen molar-refractivity contribution in [1.82, 2.24) is 10.2 Å². The summed E-state index contributed by atoms with van der Waals surface area (Å²) in [5.41, 5.74) is 0. The fraction of sp³-hybridized carbons (Fsp3) is 0.900. The average Bonchev–Trinajstić information content (AvgIpc) is 2.88. The van der Waals surface area contributed by atoms with Crippen molar-refractivity contribution >= 4 is 18.3 Å². The number of nitrogens with one attached hydrogen (secondary N) is 1. The third kappa shape index (κ3) is 2.83. The van der Waals surface area contributed by atoms with Crippen molar-refractivity contribution < 1.29 is 9.53 Å². The first kappa shape index (κ1) is 12.7. The first-order valence-corrected chi connectivity index (χ1v) is 5.33. The Labute approximate surface area is 96.7 Å². The third-order valence-corrected chi connectivity index (χ3v) is 3.20. The Bertz CT molecular complexity index is 219. The summed E-state index contributed by atoms with van der Waals surface area (Å²) in [4.78, 5) is 13.9. The van der Waals surface area contributed by atoms with Gasteiger partial charge in [0.15, 0.2) is 0 Å². The van der Waals surface area contributed by atoms with Gasteiger partial charge in [0.2, 0.25) is 5.91 Å². The first-order valence-electron chi connectivity index (χ1n) is 5.33. The molecular weight excluding hydrogens is 216 g/mol. The lowest BCUT2D eigenvalue weighted by atomic mass is 10.1. The number of likely N-dealkylation sites (tertiary alicyclic amines) is 1. The van der Waals surface area contributed by atoms with E-state index in [4.69, 9.17) is 4.74 Å². The lowest BCUT2D eigenvalue weighted by molar-refractivity contribution is -0.134. The van der Waals surface area contributed by atoms with Crippen LogP contribution in [0.25, 0.3) is 0 Å². The van der Waals surface area contributed by atoms with Crippen LogP contribution in [0.5, 0.6) is 0 Å². The van der Waals surface area contributed by atoms with Crippen LogP contribution in [-0.2, 0) is 9.53 Å². The number of nitrogens with zero attached hydrogens (tertiary/aromatic N) is 1. The standard InChI is InChI=1S/C10H18N2O2.ClH/c1-14-9-3-5-12(7-9)10(13)8-2-4-11-6-8;/h8-9,11H,2-7H2,1H3;1H/t8-,9+;/m1./s1. The highest BCUT2D eigenvalue weighted by Crippen LogP contribution is 2.18. The Morgan fingerprint density at radius 1 is 1.47 bits per heavy atom. The van der Waals surface area contributed by atoms with Gasteiger partial charge in [0, 0.05) is 26.7 Å². The van der Waals surface area contributed by atoms with Gasteiger partial charge < -0.3 is 15.0 Å². The number of methoxy groups -OCH3 is 1. The van der Waals surface area contributed by atoms with Crippen LogP contribution in [0.2, 0.25) is 0 Å². The van der Waals surface area contributed by atoms with Crippen LogP contribution in [0, 0.1) is 5.92 Å². The van der Waals surface area contributed by atoms with E-state index in [1.807, 2.05) is 4.90 Å². The van der Waals surface area contributed by atoms with Crippen molar-refractivity contribution in [2.75, 3.05) is 33.3 Å². The third-order valence-electron chi connectivity index (χ3n) is 3.20. The molecule has 2 atom stereocenters. The monoisotopic (exact) mass is 234 g/mol. The van der Waals surface area contributed by atoms with Gasteiger partial charge in [-0.3, -0.25) is 4.79 Å². The summed E-state index contributed by atoms with van der Waals surface area (Å²) in [5, 5.41) is 3.22. The van der Waals surface area contributed by atoms with Crippen molar-refractivity contribution in [2.24, 2.45) is 5.92 Å². The molecular formula is C10H19ClN2O2. The lowest BCUT2D eigenvalue weighted by Gasteiger charge is -2.19. The van der Waals surface area contributed by atoms with Gasteiger partial charge in [-0.2, -0.15) is 0 Å². The fourth-order valence-corrected chi connectivity index (χ4v) is 2.24. The second-order valence-electron chi connectivity index (χ2n) is 4.12. The highest BCUT2D eigenvalue weighted by Gasteiger charge is 2.31. The van der Waals surface area contributed by atoms with Gasteiger partial charge in [0.1, 0.15) is 0 Å². The maximum absolute atomic E-state index is 11.9. The molecule has 2 saturated heterocycles. The van der Waals surface area contributed by atoms with E-state index in [9.17, 15) is 4.79 Å². The Balaban J connectivity index is 0.00000112. The summed E-state index contributed by atoms with van der Waals surface area (Å²) >= 11 is 0.